The van der Waals surface area contributed by atoms with Gasteiger partial charge in [0.15, 0.2) is 5.79 Å². The van der Waals surface area contributed by atoms with E-state index in [1.165, 1.54) is 18.4 Å². The molecule has 3 rings (SSSR count). The average molecular weight is 251 g/mol. The molecule has 4 nitrogen and oxygen atoms in total. The maximum atomic E-state index is 5.84. The van der Waals surface area contributed by atoms with Crippen molar-refractivity contribution in [2.75, 3.05) is 20.3 Å². The topological polar surface area (TPSA) is 40.0 Å². The minimum Gasteiger partial charge on any atom is -0.399 e. The Kier molecular flexibility index (Phi) is 3.16. The number of rotatable bonds is 2. The van der Waals surface area contributed by atoms with Gasteiger partial charge < -0.3 is 14.3 Å². The third-order valence-electron chi connectivity index (χ3n) is 4.49. The molecule has 1 atom stereocenters. The molecule has 1 unspecified atom stereocenters. The highest BCUT2D eigenvalue weighted by atomic mass is 16.7. The van der Waals surface area contributed by atoms with Crippen LogP contribution in [0.4, 0.5) is 0 Å². The van der Waals surface area contributed by atoms with Gasteiger partial charge in [-0.2, -0.15) is 0 Å². The molecule has 1 aliphatic heterocycles. The average Bonchev–Trinajstić information content (AvgIpc) is 2.85. The lowest BCUT2D eigenvalue weighted by molar-refractivity contribution is -0.174. The maximum absolute atomic E-state index is 5.84. The van der Waals surface area contributed by atoms with Crippen molar-refractivity contribution >= 4 is 6.21 Å². The van der Waals surface area contributed by atoms with Crippen LogP contribution in [0.3, 0.4) is 0 Å². The molecule has 2 fully saturated rings. The molecule has 100 valence electrons. The van der Waals surface area contributed by atoms with Crippen LogP contribution in [-0.2, 0) is 14.3 Å². The molecule has 3 aliphatic rings. The smallest absolute Gasteiger partial charge is 0.172 e. The lowest BCUT2D eigenvalue weighted by Crippen LogP contribution is -2.43. The standard InChI is InChI=1S/C14H21NO3/c1-16-15-11-13-5-3-2-4-12(13)10-14(7-6-13)17-8-9-18-14/h4,11H,2-3,5-10H2,1H3/b15-11+. The summed E-state index contributed by atoms with van der Waals surface area (Å²) in [4.78, 5) is 4.89. The van der Waals surface area contributed by atoms with E-state index in [-0.39, 0.29) is 11.2 Å². The fraction of sp³-hybridized carbons (Fsp3) is 0.786. The lowest BCUT2D eigenvalue weighted by atomic mass is 9.64. The molecular weight excluding hydrogens is 230 g/mol. The molecule has 0 aromatic carbocycles. The highest BCUT2D eigenvalue weighted by Gasteiger charge is 2.49. The van der Waals surface area contributed by atoms with E-state index in [9.17, 15) is 0 Å². The number of nitrogens with zero attached hydrogens (tertiary/aromatic N) is 1. The van der Waals surface area contributed by atoms with Gasteiger partial charge in [0.05, 0.1) is 19.4 Å². The Morgan fingerprint density at radius 1 is 1.28 bits per heavy atom. The van der Waals surface area contributed by atoms with Crippen LogP contribution in [0.5, 0.6) is 0 Å². The minimum absolute atomic E-state index is 0.0921. The molecule has 0 aromatic rings. The third kappa shape index (κ3) is 1.97. The molecular formula is C14H21NO3. The van der Waals surface area contributed by atoms with Crippen molar-refractivity contribution < 1.29 is 14.3 Å². The summed E-state index contributed by atoms with van der Waals surface area (Å²) in [6.45, 7) is 1.46. The van der Waals surface area contributed by atoms with Gasteiger partial charge in [-0.25, -0.2) is 0 Å². The van der Waals surface area contributed by atoms with Crippen LogP contribution in [0.15, 0.2) is 16.8 Å². The first-order valence-corrected chi connectivity index (χ1v) is 6.84. The normalized spacial score (nSPS) is 34.6. The molecule has 1 saturated heterocycles. The number of oxime groups is 1. The molecule has 18 heavy (non-hydrogen) atoms. The number of allylic oxidation sites excluding steroid dienone is 1. The number of ether oxygens (including phenoxy) is 2. The zero-order valence-electron chi connectivity index (χ0n) is 11.0. The summed E-state index contributed by atoms with van der Waals surface area (Å²) in [7, 11) is 1.60. The van der Waals surface area contributed by atoms with Gasteiger partial charge in [-0.05, 0) is 25.7 Å². The molecule has 2 aliphatic carbocycles. The quantitative estimate of drug-likeness (QED) is 0.430. The first kappa shape index (κ1) is 12.2. The van der Waals surface area contributed by atoms with E-state index < -0.39 is 0 Å². The molecule has 0 radical (unpaired) electrons. The number of hydrogen-bond acceptors (Lipinski definition) is 4. The van der Waals surface area contributed by atoms with Gasteiger partial charge in [-0.1, -0.05) is 16.8 Å². The number of fused-ring (bicyclic) bond motifs is 1. The van der Waals surface area contributed by atoms with Crippen LogP contribution < -0.4 is 0 Å². The summed E-state index contributed by atoms with van der Waals surface area (Å²) in [6.07, 6.45) is 10.8. The fourth-order valence-electron chi connectivity index (χ4n) is 3.49. The first-order valence-electron chi connectivity index (χ1n) is 6.84. The van der Waals surface area contributed by atoms with Gasteiger partial charge in [0, 0.05) is 18.3 Å². The van der Waals surface area contributed by atoms with Gasteiger partial charge >= 0.3 is 0 Å². The SMILES string of the molecule is CO/N=C/C12CCCC=C1CC1(CC2)OCCO1. The summed E-state index contributed by atoms with van der Waals surface area (Å²) < 4.78 is 11.7. The summed E-state index contributed by atoms with van der Waals surface area (Å²) in [5.41, 5.74) is 1.53. The predicted molar refractivity (Wildman–Crippen MR) is 68.4 cm³/mol. The van der Waals surface area contributed by atoms with E-state index in [4.69, 9.17) is 14.3 Å². The molecule has 0 bridgehead atoms. The predicted octanol–water partition coefficient (Wildman–Crippen LogP) is 2.64. The zero-order chi connectivity index (χ0) is 12.5. The highest BCUT2D eigenvalue weighted by Crippen LogP contribution is 2.51. The number of hydrogen-bond donors (Lipinski definition) is 0. The van der Waals surface area contributed by atoms with Crippen LogP contribution >= 0.6 is 0 Å². The summed E-state index contributed by atoms with van der Waals surface area (Å²) in [5.74, 6) is -0.340. The summed E-state index contributed by atoms with van der Waals surface area (Å²) in [6, 6.07) is 0. The van der Waals surface area contributed by atoms with Crippen molar-refractivity contribution in [2.45, 2.75) is 44.3 Å². The molecule has 0 amide bonds. The van der Waals surface area contributed by atoms with E-state index in [0.717, 1.165) is 38.9 Å². The Morgan fingerprint density at radius 2 is 2.11 bits per heavy atom. The monoisotopic (exact) mass is 251 g/mol. The van der Waals surface area contributed by atoms with Crippen LogP contribution in [0.2, 0.25) is 0 Å². The zero-order valence-corrected chi connectivity index (χ0v) is 11.0. The van der Waals surface area contributed by atoms with Gasteiger partial charge in [0.1, 0.15) is 7.11 Å². The Bertz CT molecular complexity index is 371. The Balaban J connectivity index is 1.85. The maximum Gasteiger partial charge on any atom is 0.172 e. The van der Waals surface area contributed by atoms with E-state index >= 15 is 0 Å². The largest absolute Gasteiger partial charge is 0.399 e. The van der Waals surface area contributed by atoms with Crippen molar-refractivity contribution in [3.8, 4) is 0 Å². The lowest BCUT2D eigenvalue weighted by Gasteiger charge is -2.45. The third-order valence-corrected chi connectivity index (χ3v) is 4.49. The van der Waals surface area contributed by atoms with Crippen molar-refractivity contribution in [3.63, 3.8) is 0 Å². The summed E-state index contributed by atoms with van der Waals surface area (Å²) >= 11 is 0. The van der Waals surface area contributed by atoms with E-state index in [1.54, 1.807) is 7.11 Å². The van der Waals surface area contributed by atoms with Crippen molar-refractivity contribution in [1.82, 2.24) is 0 Å². The molecule has 1 saturated carbocycles. The summed E-state index contributed by atoms with van der Waals surface area (Å²) in [5, 5.41) is 4.04. The second-order valence-corrected chi connectivity index (χ2v) is 5.48. The van der Waals surface area contributed by atoms with Crippen LogP contribution in [0.25, 0.3) is 0 Å². The molecule has 1 spiro atoms. The van der Waals surface area contributed by atoms with Crippen LogP contribution in [-0.4, -0.2) is 32.3 Å². The van der Waals surface area contributed by atoms with E-state index in [0.29, 0.717) is 0 Å². The fourth-order valence-corrected chi connectivity index (χ4v) is 3.49. The second-order valence-electron chi connectivity index (χ2n) is 5.48. The van der Waals surface area contributed by atoms with Gasteiger partial charge in [0.25, 0.3) is 0 Å². The Hall–Kier alpha value is -0.870. The van der Waals surface area contributed by atoms with E-state index in [2.05, 4.69) is 11.2 Å². The van der Waals surface area contributed by atoms with Gasteiger partial charge in [-0.3, -0.25) is 0 Å². The Morgan fingerprint density at radius 3 is 2.89 bits per heavy atom. The van der Waals surface area contributed by atoms with Crippen molar-refractivity contribution in [3.05, 3.63) is 11.6 Å². The first-order chi connectivity index (χ1) is 8.79. The molecule has 4 heteroatoms. The molecule has 0 N–H and O–H groups in total. The van der Waals surface area contributed by atoms with Gasteiger partial charge in [-0.15, -0.1) is 0 Å². The highest BCUT2D eigenvalue weighted by molar-refractivity contribution is 5.71. The van der Waals surface area contributed by atoms with Crippen molar-refractivity contribution in [2.24, 2.45) is 10.6 Å². The van der Waals surface area contributed by atoms with Crippen molar-refractivity contribution in [1.29, 1.82) is 0 Å². The van der Waals surface area contributed by atoms with Crippen LogP contribution in [0, 0.1) is 5.41 Å². The minimum atomic E-state index is -0.340. The molecule has 1 heterocycles. The van der Waals surface area contributed by atoms with Gasteiger partial charge in [0.2, 0.25) is 0 Å². The van der Waals surface area contributed by atoms with E-state index in [1.807, 2.05) is 6.21 Å². The second kappa shape index (κ2) is 4.67. The van der Waals surface area contributed by atoms with Crippen LogP contribution in [0.1, 0.15) is 38.5 Å². The Labute approximate surface area is 108 Å². The molecule has 0 aromatic heterocycles.